The Balaban J connectivity index is 1.36. The van der Waals surface area contributed by atoms with Crippen LogP contribution in [-0.4, -0.2) is 63.8 Å². The highest BCUT2D eigenvalue weighted by atomic mass is 16.2. The molecule has 0 spiro atoms. The summed E-state index contributed by atoms with van der Waals surface area (Å²) in [6.07, 6.45) is 4.13. The summed E-state index contributed by atoms with van der Waals surface area (Å²) in [7, 11) is 1.99. The van der Waals surface area contributed by atoms with Crippen molar-refractivity contribution in [2.75, 3.05) is 26.2 Å². The van der Waals surface area contributed by atoms with Crippen molar-refractivity contribution in [3.63, 3.8) is 0 Å². The first-order valence-corrected chi connectivity index (χ1v) is 9.95. The molecular formula is C21H29N5O. The minimum atomic E-state index is -0.0329. The van der Waals surface area contributed by atoms with Gasteiger partial charge in [0, 0.05) is 57.6 Å². The molecule has 1 aliphatic carbocycles. The Labute approximate surface area is 161 Å². The molecule has 144 valence electrons. The zero-order valence-electron chi connectivity index (χ0n) is 16.3. The van der Waals surface area contributed by atoms with Gasteiger partial charge in [-0.2, -0.15) is 5.10 Å². The zero-order valence-corrected chi connectivity index (χ0v) is 16.3. The van der Waals surface area contributed by atoms with Gasteiger partial charge in [0.1, 0.15) is 0 Å². The van der Waals surface area contributed by atoms with Crippen molar-refractivity contribution in [2.45, 2.75) is 38.4 Å². The number of aromatic nitrogens is 2. The summed E-state index contributed by atoms with van der Waals surface area (Å²) < 4.78 is 1.93. The zero-order chi connectivity index (χ0) is 18.8. The number of carbonyl (C=O) groups excluding carboxylic acids is 1. The van der Waals surface area contributed by atoms with Crippen LogP contribution >= 0.6 is 0 Å². The van der Waals surface area contributed by atoms with Crippen LogP contribution in [0.5, 0.6) is 0 Å². The Morgan fingerprint density at radius 3 is 2.59 bits per heavy atom. The van der Waals surface area contributed by atoms with E-state index in [4.69, 9.17) is 0 Å². The molecule has 1 aromatic heterocycles. The predicted octanol–water partition coefficient (Wildman–Crippen LogP) is 1.87. The monoisotopic (exact) mass is 367 g/mol. The molecule has 6 heteroatoms. The normalized spacial score (nSPS) is 19.8. The molecule has 2 aliphatic rings. The number of piperazine rings is 1. The molecule has 1 atom stereocenters. The van der Waals surface area contributed by atoms with Crippen LogP contribution in [0.2, 0.25) is 0 Å². The lowest BCUT2D eigenvalue weighted by Crippen LogP contribution is -2.53. The van der Waals surface area contributed by atoms with E-state index in [0.717, 1.165) is 51.3 Å². The van der Waals surface area contributed by atoms with E-state index in [-0.39, 0.29) is 11.9 Å². The Hall–Kier alpha value is -2.18. The predicted molar refractivity (Wildman–Crippen MR) is 106 cm³/mol. The summed E-state index contributed by atoms with van der Waals surface area (Å²) in [5.74, 6) is 0.188. The molecule has 2 fully saturated rings. The minimum Gasteiger partial charge on any atom is -0.352 e. The van der Waals surface area contributed by atoms with Crippen LogP contribution in [0.15, 0.2) is 36.5 Å². The lowest BCUT2D eigenvalue weighted by Gasteiger charge is -2.37. The first kappa shape index (κ1) is 18.2. The van der Waals surface area contributed by atoms with E-state index in [1.807, 2.05) is 24.9 Å². The van der Waals surface area contributed by atoms with Crippen LogP contribution in [-0.2, 0) is 18.4 Å². The van der Waals surface area contributed by atoms with Gasteiger partial charge >= 0.3 is 0 Å². The molecule has 27 heavy (non-hydrogen) atoms. The van der Waals surface area contributed by atoms with Crippen LogP contribution in [0.4, 0.5) is 0 Å². The van der Waals surface area contributed by atoms with Crippen molar-refractivity contribution in [3.8, 4) is 11.3 Å². The number of hydrogen-bond donors (Lipinski definition) is 1. The van der Waals surface area contributed by atoms with Gasteiger partial charge in [-0.25, -0.2) is 0 Å². The fourth-order valence-electron chi connectivity index (χ4n) is 3.81. The van der Waals surface area contributed by atoms with E-state index >= 15 is 0 Å². The van der Waals surface area contributed by atoms with Gasteiger partial charge in [-0.15, -0.1) is 0 Å². The number of carbonyl (C=O) groups is 1. The van der Waals surface area contributed by atoms with Crippen molar-refractivity contribution in [1.29, 1.82) is 0 Å². The first-order chi connectivity index (χ1) is 13.1. The molecule has 1 amide bonds. The maximum absolute atomic E-state index is 12.3. The van der Waals surface area contributed by atoms with Crippen LogP contribution in [0, 0.1) is 0 Å². The van der Waals surface area contributed by atoms with Crippen LogP contribution in [0.25, 0.3) is 11.3 Å². The molecule has 1 saturated carbocycles. The highest BCUT2D eigenvalue weighted by Crippen LogP contribution is 2.25. The molecule has 6 nitrogen and oxygen atoms in total. The van der Waals surface area contributed by atoms with E-state index < -0.39 is 0 Å². The van der Waals surface area contributed by atoms with E-state index in [1.165, 1.54) is 11.1 Å². The Morgan fingerprint density at radius 2 is 1.93 bits per heavy atom. The van der Waals surface area contributed by atoms with E-state index in [0.29, 0.717) is 6.04 Å². The largest absolute Gasteiger partial charge is 0.352 e. The summed E-state index contributed by atoms with van der Waals surface area (Å²) in [6, 6.07) is 11.0. The first-order valence-electron chi connectivity index (χ1n) is 9.95. The summed E-state index contributed by atoms with van der Waals surface area (Å²) in [4.78, 5) is 17.1. The van der Waals surface area contributed by atoms with Crippen LogP contribution in [0.1, 0.15) is 25.3 Å². The number of rotatable bonds is 6. The molecule has 4 rings (SSSR count). The summed E-state index contributed by atoms with van der Waals surface area (Å²) >= 11 is 0. The Bertz CT molecular complexity index is 789. The average molecular weight is 367 g/mol. The van der Waals surface area contributed by atoms with Crippen LogP contribution < -0.4 is 5.32 Å². The lowest BCUT2D eigenvalue weighted by molar-refractivity contribution is -0.126. The number of nitrogens with zero attached hydrogens (tertiary/aromatic N) is 4. The fraction of sp³-hybridized carbons (Fsp3) is 0.524. The highest BCUT2D eigenvalue weighted by Gasteiger charge is 2.30. The second-order valence-corrected chi connectivity index (χ2v) is 7.77. The maximum Gasteiger partial charge on any atom is 0.237 e. The number of hydrogen-bond acceptors (Lipinski definition) is 4. The molecular weight excluding hydrogens is 338 g/mol. The van der Waals surface area contributed by atoms with Gasteiger partial charge in [0.2, 0.25) is 5.91 Å². The number of nitrogens with one attached hydrogen (secondary N) is 1. The number of amides is 1. The van der Waals surface area contributed by atoms with Crippen molar-refractivity contribution in [1.82, 2.24) is 24.9 Å². The summed E-state index contributed by atoms with van der Waals surface area (Å²) in [5, 5.41) is 7.44. The van der Waals surface area contributed by atoms with Crippen molar-refractivity contribution in [2.24, 2.45) is 7.05 Å². The molecule has 0 radical (unpaired) electrons. The third-order valence-corrected chi connectivity index (χ3v) is 5.77. The quantitative estimate of drug-likeness (QED) is 0.847. The molecule has 1 N–H and O–H groups in total. The second kappa shape index (κ2) is 7.82. The Morgan fingerprint density at radius 1 is 1.19 bits per heavy atom. The smallest absolute Gasteiger partial charge is 0.237 e. The maximum atomic E-state index is 12.3. The highest BCUT2D eigenvalue weighted by molar-refractivity contribution is 5.81. The number of aryl methyl sites for hydroxylation is 1. The van der Waals surface area contributed by atoms with Crippen LogP contribution in [0.3, 0.4) is 0 Å². The van der Waals surface area contributed by atoms with Gasteiger partial charge in [-0.3, -0.25) is 19.3 Å². The summed E-state index contributed by atoms with van der Waals surface area (Å²) in [6.45, 7) is 6.81. The molecule has 2 aromatic rings. The molecule has 0 bridgehead atoms. The van der Waals surface area contributed by atoms with E-state index in [9.17, 15) is 4.79 Å². The third-order valence-electron chi connectivity index (χ3n) is 5.77. The van der Waals surface area contributed by atoms with Gasteiger partial charge < -0.3 is 5.32 Å². The molecule has 1 aliphatic heterocycles. The van der Waals surface area contributed by atoms with E-state index in [2.05, 4.69) is 50.5 Å². The molecule has 1 saturated heterocycles. The van der Waals surface area contributed by atoms with Crippen molar-refractivity contribution < 1.29 is 4.79 Å². The van der Waals surface area contributed by atoms with Gasteiger partial charge in [0.15, 0.2) is 0 Å². The van der Waals surface area contributed by atoms with E-state index in [1.54, 1.807) is 0 Å². The van der Waals surface area contributed by atoms with Gasteiger partial charge in [0.25, 0.3) is 0 Å². The summed E-state index contributed by atoms with van der Waals surface area (Å²) in [5.41, 5.74) is 3.72. The molecule has 1 aromatic carbocycles. The average Bonchev–Trinajstić information content (AvgIpc) is 3.40. The SMILES string of the molecule is CC(C(=O)NC1CC1)N1CCN(Cc2ccccc2-c2ccnn2C)CC1. The Kier molecular flexibility index (Phi) is 5.27. The standard InChI is InChI=1S/C21H29N5O/c1-16(21(27)23-18-7-8-18)26-13-11-25(12-14-26)15-17-5-3-4-6-19(17)20-9-10-22-24(20)2/h3-6,9-10,16,18H,7-8,11-15H2,1-2H3,(H,23,27). The number of benzene rings is 1. The van der Waals surface area contributed by atoms with Gasteiger partial charge in [0.05, 0.1) is 11.7 Å². The topological polar surface area (TPSA) is 53.4 Å². The van der Waals surface area contributed by atoms with Gasteiger partial charge in [-0.1, -0.05) is 24.3 Å². The molecule has 2 heterocycles. The third kappa shape index (κ3) is 4.22. The fourth-order valence-corrected chi connectivity index (χ4v) is 3.81. The van der Waals surface area contributed by atoms with Crippen molar-refractivity contribution in [3.05, 3.63) is 42.1 Å². The van der Waals surface area contributed by atoms with Crippen molar-refractivity contribution >= 4 is 5.91 Å². The lowest BCUT2D eigenvalue weighted by atomic mass is 10.0. The molecule has 1 unspecified atom stereocenters. The second-order valence-electron chi connectivity index (χ2n) is 7.77. The van der Waals surface area contributed by atoms with Gasteiger partial charge in [-0.05, 0) is 31.4 Å². The minimum absolute atomic E-state index is 0.0329.